The van der Waals surface area contributed by atoms with Crippen LogP contribution in [-0.2, 0) is 6.54 Å². The summed E-state index contributed by atoms with van der Waals surface area (Å²) in [5.74, 6) is 1.09. The number of rotatable bonds is 7. The number of hydrogen-bond donors (Lipinski definition) is 2. The minimum atomic E-state index is 0.470. The first-order valence-corrected chi connectivity index (χ1v) is 6.24. The number of unbranched alkanes of at least 4 members (excludes halogenated alkanes) is 2. The second-order valence-corrected chi connectivity index (χ2v) is 4.08. The average Bonchev–Trinajstić information content (AvgIpc) is 2.63. The van der Waals surface area contributed by atoms with Crippen molar-refractivity contribution < 1.29 is 0 Å². The number of nitrogens with one attached hydrogen (secondary N) is 1. The van der Waals surface area contributed by atoms with Gasteiger partial charge in [0.2, 0.25) is 0 Å². The van der Waals surface area contributed by atoms with Crippen LogP contribution in [0.15, 0.2) is 0 Å². The fraction of sp³-hybridized carbons (Fsp3) is 0.667. The molecule has 0 saturated carbocycles. The van der Waals surface area contributed by atoms with Crippen molar-refractivity contribution in [3.8, 4) is 6.07 Å². The molecule has 0 spiro atoms. The van der Waals surface area contributed by atoms with Crippen molar-refractivity contribution in [1.29, 1.82) is 5.26 Å². The van der Waals surface area contributed by atoms with Crippen molar-refractivity contribution in [2.75, 3.05) is 17.6 Å². The maximum atomic E-state index is 9.07. The quantitative estimate of drug-likeness (QED) is 0.711. The van der Waals surface area contributed by atoms with Crippen LogP contribution in [0.4, 0.5) is 11.6 Å². The Morgan fingerprint density at radius 2 is 2.06 bits per heavy atom. The number of nitrogen functional groups attached to an aromatic ring is 1. The lowest BCUT2D eigenvalue weighted by atomic mass is 10.3. The van der Waals surface area contributed by atoms with E-state index in [1.807, 2.05) is 0 Å². The average molecular weight is 235 g/mol. The maximum Gasteiger partial charge on any atom is 0.168 e. The minimum absolute atomic E-state index is 0.470. The number of hydrogen-bond acceptors (Lipinski definition) is 4. The molecule has 1 rings (SSSR count). The summed E-state index contributed by atoms with van der Waals surface area (Å²) in [6.45, 7) is 5.84. The topological polar surface area (TPSA) is 79.7 Å². The van der Waals surface area contributed by atoms with Gasteiger partial charge in [0.05, 0.1) is 0 Å². The first kappa shape index (κ1) is 13.4. The third-order valence-corrected chi connectivity index (χ3v) is 2.65. The van der Waals surface area contributed by atoms with E-state index < -0.39 is 0 Å². The lowest BCUT2D eigenvalue weighted by Crippen LogP contribution is -2.05. The van der Waals surface area contributed by atoms with Crippen molar-refractivity contribution in [2.24, 2.45) is 0 Å². The predicted octanol–water partition coefficient (Wildman–Crippen LogP) is 2.35. The van der Waals surface area contributed by atoms with Crippen LogP contribution in [0.1, 0.15) is 45.1 Å². The zero-order valence-corrected chi connectivity index (χ0v) is 10.7. The van der Waals surface area contributed by atoms with Crippen LogP contribution in [-0.4, -0.2) is 16.3 Å². The molecule has 3 N–H and O–H groups in total. The third-order valence-electron chi connectivity index (χ3n) is 2.65. The Bertz CT molecular complexity index is 388. The lowest BCUT2D eigenvalue weighted by Gasteiger charge is -2.01. The summed E-state index contributed by atoms with van der Waals surface area (Å²) in [4.78, 5) is 0. The van der Waals surface area contributed by atoms with E-state index in [4.69, 9.17) is 11.0 Å². The van der Waals surface area contributed by atoms with Crippen LogP contribution < -0.4 is 11.1 Å². The summed E-state index contributed by atoms with van der Waals surface area (Å²) in [7, 11) is 0. The molecule has 0 aromatic carbocycles. The van der Waals surface area contributed by atoms with Crippen molar-refractivity contribution in [1.82, 2.24) is 9.78 Å². The van der Waals surface area contributed by atoms with Gasteiger partial charge in [-0.15, -0.1) is 0 Å². The molecule has 0 fully saturated rings. The highest BCUT2D eigenvalue weighted by Gasteiger charge is 2.14. The van der Waals surface area contributed by atoms with E-state index in [1.165, 1.54) is 0 Å². The number of aryl methyl sites for hydroxylation is 1. The number of anilines is 2. The molecule has 0 aliphatic heterocycles. The second kappa shape index (κ2) is 6.79. The molecule has 0 amide bonds. The maximum absolute atomic E-state index is 9.07. The molecule has 5 nitrogen and oxygen atoms in total. The number of nitrogens with zero attached hydrogens (tertiary/aromatic N) is 3. The van der Waals surface area contributed by atoms with Crippen LogP contribution in [0, 0.1) is 11.3 Å². The van der Waals surface area contributed by atoms with Gasteiger partial charge >= 0.3 is 0 Å². The molecule has 1 aromatic heterocycles. The van der Waals surface area contributed by atoms with Crippen molar-refractivity contribution in [3.05, 3.63) is 5.56 Å². The zero-order chi connectivity index (χ0) is 12.7. The van der Waals surface area contributed by atoms with Gasteiger partial charge in [0.1, 0.15) is 17.5 Å². The van der Waals surface area contributed by atoms with Crippen LogP contribution in [0.25, 0.3) is 0 Å². The Balaban J connectivity index is 2.78. The molecule has 0 radical (unpaired) electrons. The molecule has 0 aliphatic rings. The van der Waals surface area contributed by atoms with Crippen LogP contribution in [0.5, 0.6) is 0 Å². The smallest absolute Gasteiger partial charge is 0.168 e. The molecule has 1 aromatic rings. The zero-order valence-electron chi connectivity index (χ0n) is 10.7. The molecular weight excluding hydrogens is 214 g/mol. The molecular formula is C12H21N5. The fourth-order valence-corrected chi connectivity index (χ4v) is 1.57. The molecule has 5 heteroatoms. The monoisotopic (exact) mass is 235 g/mol. The van der Waals surface area contributed by atoms with Crippen LogP contribution >= 0.6 is 0 Å². The van der Waals surface area contributed by atoms with Crippen LogP contribution in [0.3, 0.4) is 0 Å². The number of aromatic nitrogens is 2. The van der Waals surface area contributed by atoms with Gasteiger partial charge in [-0.3, -0.25) is 0 Å². The van der Waals surface area contributed by atoms with Gasteiger partial charge in [-0.25, -0.2) is 4.68 Å². The highest BCUT2D eigenvalue weighted by Crippen LogP contribution is 2.20. The van der Waals surface area contributed by atoms with Gasteiger partial charge < -0.3 is 11.1 Å². The Hall–Kier alpha value is -1.70. The van der Waals surface area contributed by atoms with Crippen molar-refractivity contribution in [3.63, 3.8) is 0 Å². The Kier molecular flexibility index (Phi) is 5.34. The summed E-state index contributed by atoms with van der Waals surface area (Å²) in [5, 5.41) is 16.6. The summed E-state index contributed by atoms with van der Waals surface area (Å²) in [6, 6.07) is 2.12. The molecule has 0 saturated heterocycles. The minimum Gasteiger partial charge on any atom is -0.383 e. The Morgan fingerprint density at radius 1 is 1.35 bits per heavy atom. The summed E-state index contributed by atoms with van der Waals surface area (Å²) < 4.78 is 1.72. The normalized spacial score (nSPS) is 10.2. The predicted molar refractivity (Wildman–Crippen MR) is 69.7 cm³/mol. The standard InChI is InChI=1S/C12H21N5/c1-3-5-7-15-12-10(9-13)11(14)17(16-12)8-6-4-2/h3-8,14H2,1-2H3,(H,15,16). The van der Waals surface area contributed by atoms with E-state index in [9.17, 15) is 0 Å². The van der Waals surface area contributed by atoms with Gasteiger partial charge in [-0.2, -0.15) is 10.4 Å². The van der Waals surface area contributed by atoms with Gasteiger partial charge in [-0.1, -0.05) is 26.7 Å². The molecule has 0 atom stereocenters. The molecule has 17 heavy (non-hydrogen) atoms. The summed E-state index contributed by atoms with van der Waals surface area (Å²) >= 11 is 0. The van der Waals surface area contributed by atoms with E-state index in [0.29, 0.717) is 17.2 Å². The summed E-state index contributed by atoms with van der Waals surface area (Å²) in [5.41, 5.74) is 6.37. The third kappa shape index (κ3) is 3.38. The number of nitrogens with two attached hydrogens (primary N) is 1. The Labute approximate surface area is 103 Å². The molecule has 0 aliphatic carbocycles. The first-order valence-electron chi connectivity index (χ1n) is 6.24. The van der Waals surface area contributed by atoms with Gasteiger partial charge in [0, 0.05) is 13.1 Å². The SMILES string of the molecule is CCCCNc1nn(CCCC)c(N)c1C#N. The molecule has 94 valence electrons. The van der Waals surface area contributed by atoms with Crippen molar-refractivity contribution in [2.45, 2.75) is 46.1 Å². The van der Waals surface area contributed by atoms with Crippen LogP contribution in [0.2, 0.25) is 0 Å². The number of nitriles is 1. The second-order valence-electron chi connectivity index (χ2n) is 4.08. The largest absolute Gasteiger partial charge is 0.383 e. The van der Waals surface area contributed by atoms with E-state index in [2.05, 4.69) is 30.3 Å². The molecule has 0 bridgehead atoms. The van der Waals surface area contributed by atoms with E-state index in [-0.39, 0.29) is 0 Å². The highest BCUT2D eigenvalue weighted by molar-refractivity contribution is 5.63. The van der Waals surface area contributed by atoms with E-state index in [0.717, 1.165) is 38.8 Å². The molecule has 1 heterocycles. The van der Waals surface area contributed by atoms with Gasteiger partial charge in [-0.05, 0) is 12.8 Å². The van der Waals surface area contributed by atoms with Gasteiger partial charge in [0.25, 0.3) is 0 Å². The van der Waals surface area contributed by atoms with Crippen molar-refractivity contribution >= 4 is 11.6 Å². The van der Waals surface area contributed by atoms with E-state index >= 15 is 0 Å². The molecule has 0 unspecified atom stereocenters. The highest BCUT2D eigenvalue weighted by atomic mass is 15.3. The Morgan fingerprint density at radius 3 is 2.65 bits per heavy atom. The lowest BCUT2D eigenvalue weighted by molar-refractivity contribution is 0.580. The van der Waals surface area contributed by atoms with Gasteiger partial charge in [0.15, 0.2) is 5.82 Å². The summed E-state index contributed by atoms with van der Waals surface area (Å²) in [6.07, 6.45) is 4.28. The first-order chi connectivity index (χ1) is 8.24. The fourth-order valence-electron chi connectivity index (χ4n) is 1.57. The van der Waals surface area contributed by atoms with E-state index in [1.54, 1.807) is 4.68 Å².